The summed E-state index contributed by atoms with van der Waals surface area (Å²) in [6, 6.07) is 4.21. The first-order valence-electron chi connectivity index (χ1n) is 9.11. The Morgan fingerprint density at radius 3 is 2.41 bits per heavy atom. The van der Waals surface area contributed by atoms with E-state index in [2.05, 4.69) is 40.6 Å². The van der Waals surface area contributed by atoms with Crippen LogP contribution in [0.4, 0.5) is 14.5 Å². The lowest BCUT2D eigenvalue weighted by Crippen LogP contribution is -2.49. The number of carbonyl (C=O) groups is 1. The number of halogens is 3. The molecule has 0 aliphatic carbocycles. The number of piperazine rings is 1. The number of rotatable bonds is 7. The Labute approximate surface area is 164 Å². The highest BCUT2D eigenvalue weighted by Gasteiger charge is 2.20. The van der Waals surface area contributed by atoms with Crippen LogP contribution in [0.2, 0.25) is 5.02 Å². The number of carbonyl (C=O) groups excluding carboxylic acids is 1. The minimum Gasteiger partial charge on any atom is -0.433 e. The van der Waals surface area contributed by atoms with E-state index in [0.717, 1.165) is 39.1 Å². The van der Waals surface area contributed by atoms with Gasteiger partial charge in [0.25, 0.3) is 0 Å². The standard InChI is InChI=1S/C19H28ClF2N3O2/c1-19(2,3)6-7-24-8-10-25(11-9-24)13-17(26)23-14-4-5-16(15(20)12-14)27-18(21)22/h4-5,12,18H,6-11,13H2,1-3H3,(H,23,26). The monoisotopic (exact) mass is 403 g/mol. The molecule has 0 saturated carbocycles. The first kappa shape index (κ1) is 21.9. The summed E-state index contributed by atoms with van der Waals surface area (Å²) in [5.41, 5.74) is 0.782. The van der Waals surface area contributed by atoms with Crippen molar-refractivity contribution in [2.45, 2.75) is 33.8 Å². The molecule has 1 saturated heterocycles. The van der Waals surface area contributed by atoms with Crippen LogP contribution in [0.5, 0.6) is 5.75 Å². The van der Waals surface area contributed by atoms with Crippen molar-refractivity contribution >= 4 is 23.2 Å². The molecule has 1 N–H and O–H groups in total. The Bertz CT molecular complexity index is 630. The normalized spacial score (nSPS) is 16.6. The van der Waals surface area contributed by atoms with Gasteiger partial charge in [0.1, 0.15) is 5.75 Å². The zero-order valence-electron chi connectivity index (χ0n) is 16.1. The van der Waals surface area contributed by atoms with E-state index in [0.29, 0.717) is 17.6 Å². The minimum absolute atomic E-state index is 0.0283. The van der Waals surface area contributed by atoms with E-state index >= 15 is 0 Å². The number of hydrogen-bond acceptors (Lipinski definition) is 4. The maximum Gasteiger partial charge on any atom is 0.387 e. The van der Waals surface area contributed by atoms with Crippen LogP contribution in [-0.4, -0.2) is 61.6 Å². The summed E-state index contributed by atoms with van der Waals surface area (Å²) in [6.07, 6.45) is 1.15. The molecule has 1 aromatic rings. The Morgan fingerprint density at radius 1 is 1.22 bits per heavy atom. The molecule has 27 heavy (non-hydrogen) atoms. The van der Waals surface area contributed by atoms with Crippen LogP contribution < -0.4 is 10.1 Å². The van der Waals surface area contributed by atoms with Crippen LogP contribution in [0.1, 0.15) is 27.2 Å². The molecule has 0 bridgehead atoms. The molecular weight excluding hydrogens is 376 g/mol. The molecule has 0 atom stereocenters. The molecule has 1 amide bonds. The smallest absolute Gasteiger partial charge is 0.387 e. The van der Waals surface area contributed by atoms with Gasteiger partial charge in [0.05, 0.1) is 11.6 Å². The topological polar surface area (TPSA) is 44.8 Å². The first-order valence-corrected chi connectivity index (χ1v) is 9.49. The van der Waals surface area contributed by atoms with Crippen LogP contribution in [0.15, 0.2) is 18.2 Å². The predicted octanol–water partition coefficient (Wildman–Crippen LogP) is 3.93. The van der Waals surface area contributed by atoms with Gasteiger partial charge in [0.15, 0.2) is 0 Å². The van der Waals surface area contributed by atoms with Crippen molar-refractivity contribution in [2.24, 2.45) is 5.41 Å². The zero-order chi connectivity index (χ0) is 20.0. The van der Waals surface area contributed by atoms with Crippen molar-refractivity contribution in [1.29, 1.82) is 0 Å². The van der Waals surface area contributed by atoms with Gasteiger partial charge in [-0.25, -0.2) is 0 Å². The number of amides is 1. The molecule has 1 aliphatic heterocycles. The van der Waals surface area contributed by atoms with E-state index < -0.39 is 6.61 Å². The van der Waals surface area contributed by atoms with Crippen LogP contribution in [0.3, 0.4) is 0 Å². The predicted molar refractivity (Wildman–Crippen MR) is 104 cm³/mol. The zero-order valence-corrected chi connectivity index (χ0v) is 16.9. The second-order valence-corrected chi connectivity index (χ2v) is 8.41. The summed E-state index contributed by atoms with van der Waals surface area (Å²) in [6.45, 7) is 8.76. The quantitative estimate of drug-likeness (QED) is 0.749. The van der Waals surface area contributed by atoms with Crippen molar-refractivity contribution in [3.8, 4) is 5.75 Å². The maximum atomic E-state index is 12.2. The van der Waals surface area contributed by atoms with Crippen molar-refractivity contribution in [3.05, 3.63) is 23.2 Å². The lowest BCUT2D eigenvalue weighted by atomic mass is 9.92. The van der Waals surface area contributed by atoms with Crippen LogP contribution in [0, 0.1) is 5.41 Å². The van der Waals surface area contributed by atoms with E-state index in [-0.39, 0.29) is 16.7 Å². The highest BCUT2D eigenvalue weighted by molar-refractivity contribution is 6.32. The summed E-state index contributed by atoms with van der Waals surface area (Å²) >= 11 is 5.90. The number of benzene rings is 1. The molecule has 5 nitrogen and oxygen atoms in total. The van der Waals surface area contributed by atoms with Crippen LogP contribution >= 0.6 is 11.6 Å². The van der Waals surface area contributed by atoms with Gasteiger partial charge in [-0.3, -0.25) is 9.69 Å². The largest absolute Gasteiger partial charge is 0.433 e. The molecular formula is C19H28ClF2N3O2. The Kier molecular flexibility index (Phi) is 7.82. The first-order chi connectivity index (χ1) is 12.6. The lowest BCUT2D eigenvalue weighted by Gasteiger charge is -2.35. The molecule has 2 rings (SSSR count). The van der Waals surface area contributed by atoms with Crippen molar-refractivity contribution < 1.29 is 18.3 Å². The molecule has 0 spiro atoms. The summed E-state index contributed by atoms with van der Waals surface area (Å²) in [5, 5.41) is 2.77. The van der Waals surface area contributed by atoms with Gasteiger partial charge in [-0.15, -0.1) is 0 Å². The highest BCUT2D eigenvalue weighted by atomic mass is 35.5. The van der Waals surface area contributed by atoms with Gasteiger partial charge in [-0.2, -0.15) is 8.78 Å². The number of nitrogens with zero attached hydrogens (tertiary/aromatic N) is 2. The van der Waals surface area contributed by atoms with Crippen molar-refractivity contribution in [3.63, 3.8) is 0 Å². The van der Waals surface area contributed by atoms with Gasteiger partial charge in [0.2, 0.25) is 5.91 Å². The molecule has 0 unspecified atom stereocenters. The SMILES string of the molecule is CC(C)(C)CCN1CCN(CC(=O)Nc2ccc(OC(F)F)c(Cl)c2)CC1. The van der Waals surface area contributed by atoms with E-state index in [1.807, 2.05) is 0 Å². The lowest BCUT2D eigenvalue weighted by molar-refractivity contribution is -0.117. The summed E-state index contributed by atoms with van der Waals surface area (Å²) in [4.78, 5) is 16.8. The molecule has 0 radical (unpaired) electrons. The fourth-order valence-corrected chi connectivity index (χ4v) is 3.06. The average molecular weight is 404 g/mol. The molecule has 1 aliphatic rings. The second-order valence-electron chi connectivity index (χ2n) is 8.00. The number of nitrogens with one attached hydrogen (secondary N) is 1. The summed E-state index contributed by atoms with van der Waals surface area (Å²) in [7, 11) is 0. The van der Waals surface area contributed by atoms with E-state index in [1.165, 1.54) is 18.2 Å². The average Bonchev–Trinajstić information content (AvgIpc) is 2.55. The van der Waals surface area contributed by atoms with Gasteiger partial charge >= 0.3 is 6.61 Å². The fourth-order valence-electron chi connectivity index (χ4n) is 2.84. The molecule has 0 aromatic heterocycles. The maximum absolute atomic E-state index is 12.2. The molecule has 152 valence electrons. The number of anilines is 1. The van der Waals surface area contributed by atoms with Crippen molar-refractivity contribution in [1.82, 2.24) is 9.80 Å². The van der Waals surface area contributed by atoms with E-state index in [4.69, 9.17) is 11.6 Å². The fraction of sp³-hybridized carbons (Fsp3) is 0.632. The number of hydrogen-bond donors (Lipinski definition) is 1. The third kappa shape index (κ3) is 7.99. The Hall–Kier alpha value is -1.44. The van der Waals surface area contributed by atoms with Gasteiger partial charge in [-0.1, -0.05) is 32.4 Å². The molecule has 1 aromatic carbocycles. The van der Waals surface area contributed by atoms with Crippen LogP contribution in [0.25, 0.3) is 0 Å². The summed E-state index contributed by atoms with van der Waals surface area (Å²) < 4.78 is 28.8. The summed E-state index contributed by atoms with van der Waals surface area (Å²) in [5.74, 6) is -0.271. The van der Waals surface area contributed by atoms with E-state index in [1.54, 1.807) is 0 Å². The van der Waals surface area contributed by atoms with Gasteiger partial charge in [-0.05, 0) is 36.6 Å². The third-order valence-electron chi connectivity index (χ3n) is 4.44. The Morgan fingerprint density at radius 2 is 1.85 bits per heavy atom. The molecule has 8 heteroatoms. The highest BCUT2D eigenvalue weighted by Crippen LogP contribution is 2.29. The van der Waals surface area contributed by atoms with Gasteiger partial charge < -0.3 is 15.0 Å². The molecule has 1 heterocycles. The minimum atomic E-state index is -2.94. The van der Waals surface area contributed by atoms with Gasteiger partial charge in [0, 0.05) is 31.9 Å². The Balaban J connectivity index is 1.76. The van der Waals surface area contributed by atoms with Crippen LogP contribution in [-0.2, 0) is 4.79 Å². The number of ether oxygens (including phenoxy) is 1. The molecule has 1 fully saturated rings. The van der Waals surface area contributed by atoms with E-state index in [9.17, 15) is 13.6 Å². The van der Waals surface area contributed by atoms with Crippen molar-refractivity contribution in [2.75, 3.05) is 44.6 Å². The number of alkyl halides is 2. The second kappa shape index (κ2) is 9.66. The third-order valence-corrected chi connectivity index (χ3v) is 4.74.